The van der Waals surface area contributed by atoms with Gasteiger partial charge in [0.05, 0.1) is 12.0 Å². The van der Waals surface area contributed by atoms with E-state index in [1.54, 1.807) is 37.3 Å². The minimum Gasteiger partial charge on any atom is -0.357 e. The highest BCUT2D eigenvalue weighted by molar-refractivity contribution is 5.49. The van der Waals surface area contributed by atoms with Gasteiger partial charge in [-0.15, -0.1) is 0 Å². The summed E-state index contributed by atoms with van der Waals surface area (Å²) in [4.78, 5) is 17.4. The third kappa shape index (κ3) is 1.95. The van der Waals surface area contributed by atoms with Crippen molar-refractivity contribution in [3.8, 4) is 11.5 Å². The Morgan fingerprint density at radius 2 is 1.93 bits per heavy atom. The molecule has 0 unspecified atom stereocenters. The molecule has 0 amide bonds. The molecule has 2 aliphatic heterocycles. The number of imidazole rings is 1. The standard InChI is InChI=1S/C6H5N3.C3H4N2/c1-2-8-6-5(1)7-3-4-9-6;1-2-5-3-4-1/h1-4,7H;1-3H,(H,4,5). The summed E-state index contributed by atoms with van der Waals surface area (Å²) in [6.45, 7) is 0. The first kappa shape index (κ1) is 8.43. The van der Waals surface area contributed by atoms with Gasteiger partial charge in [0.25, 0.3) is 0 Å². The fourth-order valence-corrected chi connectivity index (χ4v) is 0.992. The van der Waals surface area contributed by atoms with Gasteiger partial charge in [-0.05, 0) is 6.07 Å². The zero-order valence-electron chi connectivity index (χ0n) is 7.38. The largest absolute Gasteiger partial charge is 0.357 e. The molecule has 0 spiro atoms. The quantitative estimate of drug-likeness (QED) is 0.557. The summed E-state index contributed by atoms with van der Waals surface area (Å²) in [5.74, 6) is 0.775. The van der Waals surface area contributed by atoms with E-state index in [0.717, 1.165) is 11.5 Å². The zero-order valence-corrected chi connectivity index (χ0v) is 7.38. The van der Waals surface area contributed by atoms with Crippen LogP contribution in [-0.4, -0.2) is 24.9 Å². The van der Waals surface area contributed by atoms with Crippen molar-refractivity contribution in [3.63, 3.8) is 0 Å². The lowest BCUT2D eigenvalue weighted by Gasteiger charge is -1.90. The molecule has 0 bridgehead atoms. The highest BCUT2D eigenvalue weighted by Crippen LogP contribution is 2.10. The van der Waals surface area contributed by atoms with Crippen LogP contribution in [0.1, 0.15) is 0 Å². The third-order valence-electron chi connectivity index (χ3n) is 1.60. The summed E-state index contributed by atoms with van der Waals surface area (Å²) < 4.78 is 0. The highest BCUT2D eigenvalue weighted by atomic mass is 14.9. The number of hydrogen-bond acceptors (Lipinski definition) is 3. The maximum absolute atomic E-state index is 4.00. The molecule has 5 heteroatoms. The van der Waals surface area contributed by atoms with Crippen molar-refractivity contribution in [1.29, 1.82) is 0 Å². The second kappa shape index (κ2) is 4.18. The Morgan fingerprint density at radius 3 is 2.57 bits per heavy atom. The van der Waals surface area contributed by atoms with Gasteiger partial charge >= 0.3 is 0 Å². The van der Waals surface area contributed by atoms with Crippen molar-refractivity contribution in [3.05, 3.63) is 43.4 Å². The molecular formula is C9H9N5. The molecule has 1 aromatic rings. The predicted octanol–water partition coefficient (Wildman–Crippen LogP) is 1.32. The van der Waals surface area contributed by atoms with Gasteiger partial charge in [0.1, 0.15) is 0 Å². The molecule has 14 heavy (non-hydrogen) atoms. The van der Waals surface area contributed by atoms with Gasteiger partial charge in [-0.3, -0.25) is 0 Å². The fourth-order valence-electron chi connectivity index (χ4n) is 0.992. The average molecular weight is 187 g/mol. The Balaban J connectivity index is 0.000000128. The summed E-state index contributed by atoms with van der Waals surface area (Å²) in [5, 5.41) is 0. The van der Waals surface area contributed by atoms with Crippen LogP contribution >= 0.6 is 0 Å². The molecule has 3 heterocycles. The molecule has 70 valence electrons. The molecule has 0 aliphatic carbocycles. The van der Waals surface area contributed by atoms with E-state index >= 15 is 0 Å². The first-order valence-corrected chi connectivity index (χ1v) is 4.13. The summed E-state index contributed by atoms with van der Waals surface area (Å²) in [6.07, 6.45) is 10.3. The van der Waals surface area contributed by atoms with Gasteiger partial charge in [-0.2, -0.15) is 0 Å². The monoisotopic (exact) mass is 187 g/mol. The van der Waals surface area contributed by atoms with Crippen LogP contribution in [0, 0.1) is 0 Å². The molecule has 0 saturated heterocycles. The highest BCUT2D eigenvalue weighted by Gasteiger charge is 1.99. The van der Waals surface area contributed by atoms with Crippen LogP contribution in [0.15, 0.2) is 43.4 Å². The van der Waals surface area contributed by atoms with Crippen molar-refractivity contribution in [2.24, 2.45) is 0 Å². The lowest BCUT2D eigenvalue weighted by atomic mass is 10.4. The maximum Gasteiger partial charge on any atom is 0.175 e. The van der Waals surface area contributed by atoms with E-state index < -0.39 is 0 Å². The Hall–Kier alpha value is -2.17. The van der Waals surface area contributed by atoms with Gasteiger partial charge in [0, 0.05) is 31.0 Å². The molecule has 3 rings (SSSR count). The summed E-state index contributed by atoms with van der Waals surface area (Å²) in [7, 11) is 0. The second-order valence-electron chi connectivity index (χ2n) is 2.53. The molecule has 1 aromatic heterocycles. The Bertz CT molecular complexity index is 386. The van der Waals surface area contributed by atoms with E-state index in [0.29, 0.717) is 0 Å². The summed E-state index contributed by atoms with van der Waals surface area (Å²) in [5.41, 5.74) is 0.984. The molecular weight excluding hydrogens is 178 g/mol. The van der Waals surface area contributed by atoms with E-state index in [-0.39, 0.29) is 0 Å². The van der Waals surface area contributed by atoms with E-state index in [1.165, 1.54) is 0 Å². The van der Waals surface area contributed by atoms with Crippen LogP contribution in [0.25, 0.3) is 11.5 Å². The SMILES string of the molecule is c1c[nH]c2ccnc-2n1.c1c[nH]cn1. The Kier molecular flexibility index (Phi) is 2.51. The molecule has 2 N–H and O–H groups in total. The van der Waals surface area contributed by atoms with E-state index in [9.17, 15) is 0 Å². The third-order valence-corrected chi connectivity index (χ3v) is 1.60. The molecule has 0 fully saturated rings. The lowest BCUT2D eigenvalue weighted by Crippen LogP contribution is -1.83. The normalized spacial score (nSPS) is 9.43. The van der Waals surface area contributed by atoms with Crippen molar-refractivity contribution in [2.75, 3.05) is 0 Å². The van der Waals surface area contributed by atoms with Crippen molar-refractivity contribution in [2.45, 2.75) is 0 Å². The van der Waals surface area contributed by atoms with Crippen LogP contribution < -0.4 is 0 Å². The minimum absolute atomic E-state index is 0.775. The van der Waals surface area contributed by atoms with E-state index in [1.807, 2.05) is 6.07 Å². The van der Waals surface area contributed by atoms with Crippen LogP contribution in [0.2, 0.25) is 0 Å². The van der Waals surface area contributed by atoms with Crippen molar-refractivity contribution >= 4 is 0 Å². The van der Waals surface area contributed by atoms with Gasteiger partial charge in [-0.25, -0.2) is 15.0 Å². The minimum atomic E-state index is 0.775. The molecule has 0 atom stereocenters. The molecule has 0 aromatic carbocycles. The number of hydrogen-bond donors (Lipinski definition) is 2. The number of rotatable bonds is 0. The van der Waals surface area contributed by atoms with Crippen LogP contribution in [0.5, 0.6) is 0 Å². The summed E-state index contributed by atoms with van der Waals surface area (Å²) in [6, 6.07) is 1.89. The van der Waals surface area contributed by atoms with Gasteiger partial charge < -0.3 is 9.97 Å². The molecule has 0 saturated carbocycles. The van der Waals surface area contributed by atoms with Crippen molar-refractivity contribution in [1.82, 2.24) is 24.9 Å². The first-order chi connectivity index (χ1) is 6.97. The van der Waals surface area contributed by atoms with Crippen LogP contribution in [-0.2, 0) is 0 Å². The average Bonchev–Trinajstić information content (AvgIpc) is 2.92. The number of fused-ring (bicyclic) bond motifs is 1. The van der Waals surface area contributed by atoms with Gasteiger partial charge in [0.15, 0.2) is 5.82 Å². The van der Waals surface area contributed by atoms with Crippen LogP contribution in [0.3, 0.4) is 0 Å². The molecule has 2 aliphatic rings. The number of nitrogens with one attached hydrogen (secondary N) is 2. The smallest absolute Gasteiger partial charge is 0.175 e. The zero-order chi connectivity index (χ0) is 9.64. The van der Waals surface area contributed by atoms with E-state index in [2.05, 4.69) is 24.9 Å². The lowest BCUT2D eigenvalue weighted by molar-refractivity contribution is 1.16. The Morgan fingerprint density at radius 1 is 1.00 bits per heavy atom. The number of H-pyrrole nitrogens is 2. The number of aromatic amines is 2. The fraction of sp³-hybridized carbons (Fsp3) is 0. The Labute approximate surface area is 80.6 Å². The van der Waals surface area contributed by atoms with E-state index in [4.69, 9.17) is 0 Å². The van der Waals surface area contributed by atoms with Crippen molar-refractivity contribution < 1.29 is 0 Å². The van der Waals surface area contributed by atoms with Crippen LogP contribution in [0.4, 0.5) is 0 Å². The molecule has 5 nitrogen and oxygen atoms in total. The second-order valence-corrected chi connectivity index (χ2v) is 2.53. The van der Waals surface area contributed by atoms with Gasteiger partial charge in [0.2, 0.25) is 0 Å². The van der Waals surface area contributed by atoms with Gasteiger partial charge in [-0.1, -0.05) is 0 Å². The number of aromatic nitrogens is 5. The topological polar surface area (TPSA) is 70.2 Å². The first-order valence-electron chi connectivity index (χ1n) is 4.13. The maximum atomic E-state index is 4.00. The molecule has 0 radical (unpaired) electrons. The predicted molar refractivity (Wildman–Crippen MR) is 51.6 cm³/mol. The number of nitrogens with zero attached hydrogens (tertiary/aromatic N) is 3. The summed E-state index contributed by atoms with van der Waals surface area (Å²) >= 11 is 0.